The number of hydrogen-bond donors (Lipinski definition) is 1. The lowest BCUT2D eigenvalue weighted by molar-refractivity contribution is -0.462. The molecule has 3 heterocycles. The van der Waals surface area contributed by atoms with Crippen LogP contribution in [0.2, 0.25) is 0 Å². The Morgan fingerprint density at radius 2 is 2.24 bits per heavy atom. The van der Waals surface area contributed by atoms with Gasteiger partial charge in [-0.15, -0.1) is 4.68 Å². The maximum Gasteiger partial charge on any atom is 0.261 e. The van der Waals surface area contributed by atoms with Crippen molar-refractivity contribution in [2.75, 3.05) is 6.61 Å². The average Bonchev–Trinajstić information content (AvgIpc) is 3.15. The Kier molecular flexibility index (Phi) is 4.44. The molecule has 0 amide bonds. The molecule has 5 rings (SSSR count). The van der Waals surface area contributed by atoms with Gasteiger partial charge in [0.2, 0.25) is 0 Å². The summed E-state index contributed by atoms with van der Waals surface area (Å²) in [4.78, 5) is 4.54. The number of fused-ring (bicyclic) bond motifs is 3. The molecule has 7 heteroatoms. The van der Waals surface area contributed by atoms with Crippen LogP contribution in [0, 0.1) is 5.92 Å². The quantitative estimate of drug-likeness (QED) is 0.806. The zero-order valence-corrected chi connectivity index (χ0v) is 16.7. The predicted octanol–water partition coefficient (Wildman–Crippen LogP) is 3.54. The molecule has 0 spiro atoms. The summed E-state index contributed by atoms with van der Waals surface area (Å²) in [6.07, 6.45) is 8.00. The minimum Gasteiger partial charge on any atom is -0.482 e. The molecule has 1 atom stereocenters. The van der Waals surface area contributed by atoms with Gasteiger partial charge in [-0.25, -0.2) is 0 Å². The van der Waals surface area contributed by atoms with Crippen LogP contribution in [0.15, 0.2) is 46.6 Å². The van der Waals surface area contributed by atoms with Crippen molar-refractivity contribution in [2.24, 2.45) is 16.3 Å². The molecule has 1 aliphatic carbocycles. The molecule has 29 heavy (non-hydrogen) atoms. The summed E-state index contributed by atoms with van der Waals surface area (Å²) in [6.45, 7) is 5.20. The van der Waals surface area contributed by atoms with Crippen LogP contribution in [-0.4, -0.2) is 39.3 Å². The third kappa shape index (κ3) is 3.68. The average molecular weight is 393 g/mol. The standard InChI is InChI=1S/C22H25N4O3/c1-14(21-12-26(25-24-21)11-15-8-22(2,27)9-15)29-17-3-4-20-19(7-17)18-5-6-28-13-16(18)10-23-20/h3-4,7,10-12,14-15,27H,5-6,8-9,13H2,1-2H3/q+1/b26-11+/t14-,15?,22?/m0/s1. The van der Waals surface area contributed by atoms with Gasteiger partial charge in [-0.1, -0.05) is 0 Å². The highest BCUT2D eigenvalue weighted by molar-refractivity contribution is 5.84. The van der Waals surface area contributed by atoms with E-state index in [0.29, 0.717) is 12.5 Å². The van der Waals surface area contributed by atoms with E-state index < -0.39 is 5.60 Å². The Bertz CT molecular complexity index is 1050. The van der Waals surface area contributed by atoms with Crippen molar-refractivity contribution >= 4 is 17.1 Å². The molecule has 0 saturated heterocycles. The van der Waals surface area contributed by atoms with Crippen molar-refractivity contribution in [3.05, 3.63) is 47.4 Å². The maximum atomic E-state index is 9.87. The monoisotopic (exact) mass is 393 g/mol. The summed E-state index contributed by atoms with van der Waals surface area (Å²) in [5.41, 5.74) is 3.66. The van der Waals surface area contributed by atoms with Crippen LogP contribution in [0.5, 0.6) is 5.75 Å². The van der Waals surface area contributed by atoms with Crippen LogP contribution in [0.25, 0.3) is 10.9 Å². The minimum atomic E-state index is -0.544. The smallest absolute Gasteiger partial charge is 0.261 e. The summed E-state index contributed by atoms with van der Waals surface area (Å²) >= 11 is 0. The van der Waals surface area contributed by atoms with Crippen molar-refractivity contribution in [1.82, 2.24) is 4.98 Å². The molecule has 2 aliphatic heterocycles. The van der Waals surface area contributed by atoms with Crippen molar-refractivity contribution in [2.45, 2.75) is 51.4 Å². The number of rotatable bonds is 4. The van der Waals surface area contributed by atoms with Crippen molar-refractivity contribution in [3.8, 4) is 5.75 Å². The number of hydrogen-bond acceptors (Lipinski definition) is 6. The van der Waals surface area contributed by atoms with Crippen LogP contribution in [-0.2, 0) is 17.8 Å². The van der Waals surface area contributed by atoms with Gasteiger partial charge in [0.25, 0.3) is 5.70 Å². The van der Waals surface area contributed by atoms with E-state index >= 15 is 0 Å². The lowest BCUT2D eigenvalue weighted by Gasteiger charge is -2.38. The van der Waals surface area contributed by atoms with E-state index in [9.17, 15) is 5.11 Å². The SMILES string of the molecule is C[C@H](Oc1ccc2ncc3c(c2c1)CCOC3)C1=C/[N+](=C\C2CC(C)(O)C2)N=N1. The maximum absolute atomic E-state index is 9.87. The Morgan fingerprint density at radius 3 is 3.07 bits per heavy atom. The molecule has 1 aromatic carbocycles. The van der Waals surface area contributed by atoms with E-state index in [1.165, 1.54) is 5.56 Å². The fourth-order valence-corrected chi connectivity index (χ4v) is 4.32. The van der Waals surface area contributed by atoms with Gasteiger partial charge in [-0.2, -0.15) is 0 Å². The molecule has 0 radical (unpaired) electrons. The second-order valence-corrected chi connectivity index (χ2v) is 8.44. The van der Waals surface area contributed by atoms with E-state index in [-0.39, 0.29) is 6.10 Å². The highest BCUT2D eigenvalue weighted by Gasteiger charge is 2.39. The molecule has 1 fully saturated rings. The largest absolute Gasteiger partial charge is 0.482 e. The second kappa shape index (κ2) is 7.00. The van der Waals surface area contributed by atoms with Gasteiger partial charge in [0, 0.05) is 17.5 Å². The summed E-state index contributed by atoms with van der Waals surface area (Å²) in [6, 6.07) is 6.01. The Labute approximate surface area is 169 Å². The Balaban J connectivity index is 1.32. The number of ether oxygens (including phenoxy) is 2. The Hall–Kier alpha value is -2.64. The lowest BCUT2D eigenvalue weighted by atomic mass is 9.73. The molecule has 7 nitrogen and oxygen atoms in total. The first kappa shape index (κ1) is 18.4. The third-order valence-electron chi connectivity index (χ3n) is 5.82. The number of pyridine rings is 1. The van der Waals surface area contributed by atoms with Gasteiger partial charge >= 0.3 is 0 Å². The van der Waals surface area contributed by atoms with Crippen LogP contribution in [0.1, 0.15) is 37.8 Å². The minimum absolute atomic E-state index is 0.227. The first-order valence-corrected chi connectivity index (χ1v) is 10.1. The van der Waals surface area contributed by atoms with Crippen LogP contribution < -0.4 is 4.74 Å². The fourth-order valence-electron chi connectivity index (χ4n) is 4.32. The number of benzene rings is 1. The molecular formula is C22H25N4O3+. The normalized spacial score (nSPS) is 28.2. The van der Waals surface area contributed by atoms with Crippen molar-refractivity contribution < 1.29 is 19.3 Å². The molecule has 3 aliphatic rings. The van der Waals surface area contributed by atoms with Crippen molar-refractivity contribution in [3.63, 3.8) is 0 Å². The van der Waals surface area contributed by atoms with Crippen LogP contribution in [0.3, 0.4) is 0 Å². The van der Waals surface area contributed by atoms with E-state index in [4.69, 9.17) is 9.47 Å². The Morgan fingerprint density at radius 1 is 1.38 bits per heavy atom. The van der Waals surface area contributed by atoms with Gasteiger partial charge in [-0.05, 0) is 62.4 Å². The third-order valence-corrected chi connectivity index (χ3v) is 5.82. The predicted molar refractivity (Wildman–Crippen MR) is 108 cm³/mol. The van der Waals surface area contributed by atoms with Gasteiger partial charge < -0.3 is 14.6 Å². The van der Waals surface area contributed by atoms with E-state index in [1.54, 1.807) is 4.68 Å². The van der Waals surface area contributed by atoms with E-state index in [0.717, 1.165) is 53.8 Å². The number of aliphatic hydroxyl groups is 1. The topological polar surface area (TPSA) is 79.3 Å². The van der Waals surface area contributed by atoms with Crippen LogP contribution in [0.4, 0.5) is 0 Å². The van der Waals surface area contributed by atoms with Gasteiger partial charge in [0.1, 0.15) is 17.2 Å². The zero-order chi connectivity index (χ0) is 20.0. The van der Waals surface area contributed by atoms with Crippen molar-refractivity contribution in [1.29, 1.82) is 0 Å². The fraction of sp³-hybridized carbons (Fsp3) is 0.455. The molecule has 0 bridgehead atoms. The molecule has 150 valence electrons. The highest BCUT2D eigenvalue weighted by atomic mass is 16.5. The second-order valence-electron chi connectivity index (χ2n) is 8.44. The molecule has 1 N–H and O–H groups in total. The molecule has 2 aromatic rings. The molecule has 1 saturated carbocycles. The first-order chi connectivity index (χ1) is 14.0. The summed E-state index contributed by atoms with van der Waals surface area (Å²) < 4.78 is 13.4. The van der Waals surface area contributed by atoms with Gasteiger partial charge in [0.05, 0.1) is 29.4 Å². The number of nitrogens with zero attached hydrogens (tertiary/aromatic N) is 4. The lowest BCUT2D eigenvalue weighted by Crippen LogP contribution is -2.42. The highest BCUT2D eigenvalue weighted by Crippen LogP contribution is 2.36. The summed E-state index contributed by atoms with van der Waals surface area (Å²) in [7, 11) is 0. The van der Waals surface area contributed by atoms with E-state index in [2.05, 4.69) is 21.4 Å². The van der Waals surface area contributed by atoms with E-state index in [1.807, 2.05) is 44.6 Å². The summed E-state index contributed by atoms with van der Waals surface area (Å²) in [5, 5.41) is 19.4. The summed E-state index contributed by atoms with van der Waals surface area (Å²) in [5.74, 6) is 1.12. The molecule has 0 unspecified atom stereocenters. The van der Waals surface area contributed by atoms with Gasteiger partial charge in [-0.3, -0.25) is 4.98 Å². The first-order valence-electron chi connectivity index (χ1n) is 10.1. The van der Waals surface area contributed by atoms with Gasteiger partial charge in [0.15, 0.2) is 12.3 Å². The zero-order valence-electron chi connectivity index (χ0n) is 16.7. The molecular weight excluding hydrogens is 368 g/mol. The van der Waals surface area contributed by atoms with Crippen LogP contribution >= 0.6 is 0 Å². The number of aromatic nitrogens is 1. The molecule has 1 aromatic heterocycles.